The van der Waals surface area contributed by atoms with E-state index in [0.717, 1.165) is 24.8 Å². The van der Waals surface area contributed by atoms with Gasteiger partial charge in [0.05, 0.1) is 6.54 Å². The van der Waals surface area contributed by atoms with E-state index in [9.17, 15) is 9.59 Å². The molecule has 26 heavy (non-hydrogen) atoms. The smallest absolute Gasteiger partial charge is 0.239 e. The molecular weight excluding hydrogens is 326 g/mol. The molecule has 140 valence electrons. The molecule has 1 heterocycles. The third-order valence-electron chi connectivity index (χ3n) is 5.33. The number of benzene rings is 1. The lowest BCUT2D eigenvalue weighted by atomic mass is 10.1. The Morgan fingerprint density at radius 1 is 1.15 bits per heavy atom. The lowest BCUT2D eigenvalue weighted by molar-refractivity contribution is -0.134. The van der Waals surface area contributed by atoms with Crippen molar-refractivity contribution in [1.82, 2.24) is 15.2 Å². The average molecular weight is 355 g/mol. The van der Waals surface area contributed by atoms with Crippen LogP contribution in [-0.2, 0) is 16.0 Å². The van der Waals surface area contributed by atoms with Crippen LogP contribution >= 0.6 is 0 Å². The van der Waals surface area contributed by atoms with Gasteiger partial charge < -0.3 is 15.2 Å². The Balaban J connectivity index is 1.55. The van der Waals surface area contributed by atoms with Crippen molar-refractivity contribution < 1.29 is 9.59 Å². The number of hydrogen-bond acceptors (Lipinski definition) is 2. The van der Waals surface area contributed by atoms with E-state index in [4.69, 9.17) is 0 Å². The molecule has 1 fully saturated rings. The number of H-pyrrole nitrogens is 1. The molecule has 0 atom stereocenters. The Morgan fingerprint density at radius 2 is 1.88 bits per heavy atom. The van der Waals surface area contributed by atoms with Crippen LogP contribution in [0.1, 0.15) is 51.0 Å². The zero-order valence-electron chi connectivity index (χ0n) is 15.6. The minimum atomic E-state index is -0.0548. The van der Waals surface area contributed by atoms with Crippen molar-refractivity contribution in [3.63, 3.8) is 0 Å². The number of fused-ring (bicyclic) bond motifs is 1. The van der Waals surface area contributed by atoms with Crippen LogP contribution in [0.5, 0.6) is 0 Å². The van der Waals surface area contributed by atoms with E-state index in [2.05, 4.69) is 16.4 Å². The lowest BCUT2D eigenvalue weighted by Gasteiger charge is -2.23. The number of rotatable bonds is 6. The number of amides is 2. The van der Waals surface area contributed by atoms with Crippen LogP contribution < -0.4 is 5.32 Å². The second-order valence-electron chi connectivity index (χ2n) is 7.31. The third kappa shape index (κ3) is 4.87. The molecular formula is C21H29N3O2. The summed E-state index contributed by atoms with van der Waals surface area (Å²) >= 11 is 0. The van der Waals surface area contributed by atoms with Gasteiger partial charge in [-0.05, 0) is 30.9 Å². The number of carbonyl (C=O) groups excluding carboxylic acids is 2. The van der Waals surface area contributed by atoms with Crippen LogP contribution in [0, 0.1) is 0 Å². The molecule has 1 aliphatic carbocycles. The fourth-order valence-corrected chi connectivity index (χ4v) is 3.81. The standard InChI is InChI=1S/C21H29N3O2/c1-16(25)24(15-21(26)23-18-8-4-2-3-5-9-18)13-12-17-14-22-20-11-7-6-10-19(17)20/h6-7,10-11,14,18,22H,2-5,8-9,12-13,15H2,1H3,(H,23,26). The summed E-state index contributed by atoms with van der Waals surface area (Å²) in [5.41, 5.74) is 2.28. The van der Waals surface area contributed by atoms with E-state index in [-0.39, 0.29) is 24.4 Å². The maximum Gasteiger partial charge on any atom is 0.239 e. The SMILES string of the molecule is CC(=O)N(CCc1c[nH]c2ccccc12)CC(=O)NC1CCCCCC1. The van der Waals surface area contributed by atoms with E-state index >= 15 is 0 Å². The Labute approximate surface area is 155 Å². The summed E-state index contributed by atoms with van der Waals surface area (Å²) in [6, 6.07) is 8.41. The topological polar surface area (TPSA) is 65.2 Å². The van der Waals surface area contributed by atoms with Crippen molar-refractivity contribution >= 4 is 22.7 Å². The Hall–Kier alpha value is -2.30. The number of hydrogen-bond donors (Lipinski definition) is 2. The Bertz CT molecular complexity index is 745. The van der Waals surface area contributed by atoms with Gasteiger partial charge in [-0.3, -0.25) is 9.59 Å². The molecule has 5 nitrogen and oxygen atoms in total. The van der Waals surface area contributed by atoms with E-state index in [1.807, 2.05) is 24.4 Å². The van der Waals surface area contributed by atoms with Crippen LogP contribution in [-0.4, -0.2) is 40.8 Å². The molecule has 0 radical (unpaired) electrons. The van der Waals surface area contributed by atoms with Crippen LogP contribution in [0.2, 0.25) is 0 Å². The fraction of sp³-hybridized carbons (Fsp3) is 0.524. The van der Waals surface area contributed by atoms with Gasteiger partial charge in [-0.2, -0.15) is 0 Å². The normalized spacial score (nSPS) is 15.6. The van der Waals surface area contributed by atoms with Crippen molar-refractivity contribution in [1.29, 1.82) is 0 Å². The van der Waals surface area contributed by atoms with Crippen molar-refractivity contribution in [2.45, 2.75) is 57.9 Å². The molecule has 2 amide bonds. The van der Waals surface area contributed by atoms with E-state index in [1.54, 1.807) is 4.90 Å². The minimum absolute atomic E-state index is 0.0361. The molecule has 5 heteroatoms. The molecule has 1 saturated carbocycles. The first-order chi connectivity index (χ1) is 12.6. The molecule has 0 aliphatic heterocycles. The summed E-state index contributed by atoms with van der Waals surface area (Å²) in [7, 11) is 0. The second kappa shape index (κ2) is 8.88. The van der Waals surface area contributed by atoms with Crippen molar-refractivity contribution in [2.24, 2.45) is 0 Å². The van der Waals surface area contributed by atoms with Crippen molar-refractivity contribution in [2.75, 3.05) is 13.1 Å². The van der Waals surface area contributed by atoms with Crippen LogP contribution in [0.15, 0.2) is 30.5 Å². The van der Waals surface area contributed by atoms with Gasteiger partial charge in [0.1, 0.15) is 0 Å². The van der Waals surface area contributed by atoms with Crippen LogP contribution in [0.3, 0.4) is 0 Å². The fourth-order valence-electron chi connectivity index (χ4n) is 3.81. The summed E-state index contributed by atoms with van der Waals surface area (Å²) in [5.74, 6) is -0.0908. The molecule has 3 rings (SSSR count). The highest BCUT2D eigenvalue weighted by atomic mass is 16.2. The van der Waals surface area contributed by atoms with E-state index in [0.29, 0.717) is 6.54 Å². The number of nitrogens with one attached hydrogen (secondary N) is 2. The molecule has 1 aromatic heterocycles. The first kappa shape index (κ1) is 18.5. The van der Waals surface area contributed by atoms with Crippen molar-refractivity contribution in [3.05, 3.63) is 36.0 Å². The first-order valence-electron chi connectivity index (χ1n) is 9.73. The van der Waals surface area contributed by atoms with Gasteiger partial charge in [0.2, 0.25) is 11.8 Å². The number of aromatic amines is 1. The average Bonchev–Trinajstić information content (AvgIpc) is 2.86. The molecule has 2 aromatic rings. The lowest BCUT2D eigenvalue weighted by Crippen LogP contribution is -2.44. The molecule has 1 aliphatic rings. The maximum absolute atomic E-state index is 12.4. The quantitative estimate of drug-likeness (QED) is 0.780. The molecule has 2 N–H and O–H groups in total. The summed E-state index contributed by atoms with van der Waals surface area (Å²) in [6.45, 7) is 2.23. The minimum Gasteiger partial charge on any atom is -0.361 e. The zero-order valence-corrected chi connectivity index (χ0v) is 15.6. The maximum atomic E-state index is 12.4. The van der Waals surface area contributed by atoms with Gasteiger partial charge in [0, 0.05) is 36.6 Å². The highest BCUT2D eigenvalue weighted by Crippen LogP contribution is 2.19. The molecule has 0 saturated heterocycles. The van der Waals surface area contributed by atoms with Crippen molar-refractivity contribution in [3.8, 4) is 0 Å². The predicted octanol–water partition coefficient (Wildman–Crippen LogP) is 3.40. The Kier molecular flexibility index (Phi) is 6.31. The first-order valence-corrected chi connectivity index (χ1v) is 9.73. The number of para-hydroxylation sites is 1. The number of nitrogens with zero attached hydrogens (tertiary/aromatic N) is 1. The van der Waals surface area contributed by atoms with Crippen LogP contribution in [0.4, 0.5) is 0 Å². The summed E-state index contributed by atoms with van der Waals surface area (Å²) in [4.78, 5) is 29.3. The summed E-state index contributed by atoms with van der Waals surface area (Å²) in [6.07, 6.45) is 9.73. The van der Waals surface area contributed by atoms with Gasteiger partial charge in [-0.1, -0.05) is 43.9 Å². The second-order valence-corrected chi connectivity index (χ2v) is 7.31. The molecule has 0 bridgehead atoms. The van der Waals surface area contributed by atoms with Gasteiger partial charge in [-0.25, -0.2) is 0 Å². The zero-order chi connectivity index (χ0) is 18.4. The number of carbonyl (C=O) groups is 2. The highest BCUT2D eigenvalue weighted by Gasteiger charge is 2.18. The van der Waals surface area contributed by atoms with Gasteiger partial charge >= 0.3 is 0 Å². The monoisotopic (exact) mass is 355 g/mol. The summed E-state index contributed by atoms with van der Waals surface area (Å²) < 4.78 is 0. The molecule has 0 spiro atoms. The van der Waals surface area contributed by atoms with Gasteiger partial charge in [0.15, 0.2) is 0 Å². The van der Waals surface area contributed by atoms with Gasteiger partial charge in [0.25, 0.3) is 0 Å². The highest BCUT2D eigenvalue weighted by molar-refractivity contribution is 5.84. The summed E-state index contributed by atoms with van der Waals surface area (Å²) in [5, 5.41) is 4.31. The Morgan fingerprint density at radius 3 is 2.62 bits per heavy atom. The molecule has 1 aromatic carbocycles. The van der Waals surface area contributed by atoms with Gasteiger partial charge in [-0.15, -0.1) is 0 Å². The van der Waals surface area contributed by atoms with E-state index in [1.165, 1.54) is 43.6 Å². The van der Waals surface area contributed by atoms with E-state index < -0.39 is 0 Å². The largest absolute Gasteiger partial charge is 0.361 e. The third-order valence-corrected chi connectivity index (χ3v) is 5.33. The number of aromatic nitrogens is 1. The van der Waals surface area contributed by atoms with Crippen LogP contribution in [0.25, 0.3) is 10.9 Å². The molecule has 0 unspecified atom stereocenters. The predicted molar refractivity (Wildman–Crippen MR) is 104 cm³/mol.